The minimum Gasteiger partial charge on any atom is -0.372 e. The molecule has 0 aliphatic heterocycles. The lowest BCUT2D eigenvalue weighted by Crippen LogP contribution is -2.39. The molecule has 6 nitrogen and oxygen atoms in total. The van der Waals surface area contributed by atoms with E-state index < -0.39 is 0 Å². The first kappa shape index (κ1) is 22.4. The summed E-state index contributed by atoms with van der Waals surface area (Å²) in [6.45, 7) is 6.73. The van der Waals surface area contributed by atoms with Gasteiger partial charge in [-0.15, -0.1) is 0 Å². The second-order valence-corrected chi connectivity index (χ2v) is 7.40. The summed E-state index contributed by atoms with van der Waals surface area (Å²) in [6, 6.07) is 21.0. The first-order chi connectivity index (χ1) is 15.3. The van der Waals surface area contributed by atoms with Crippen LogP contribution in [0, 0.1) is 0 Å². The Bertz CT molecular complexity index is 904. The number of aromatic nitrogens is 2. The van der Waals surface area contributed by atoms with Crippen molar-refractivity contribution in [3.8, 4) is 0 Å². The van der Waals surface area contributed by atoms with Gasteiger partial charge in [-0.05, 0) is 31.0 Å². The average molecular weight is 419 g/mol. The summed E-state index contributed by atoms with van der Waals surface area (Å²) in [5, 5.41) is 6.82. The minimum absolute atomic E-state index is 0.788. The highest BCUT2D eigenvalue weighted by molar-refractivity contribution is 5.79. The predicted molar refractivity (Wildman–Crippen MR) is 130 cm³/mol. The Kier molecular flexibility index (Phi) is 8.98. The number of guanidine groups is 1. The second-order valence-electron chi connectivity index (χ2n) is 7.40. The van der Waals surface area contributed by atoms with Gasteiger partial charge in [0, 0.05) is 64.3 Å². The smallest absolute Gasteiger partial charge is 0.190 e. The van der Waals surface area contributed by atoms with Crippen LogP contribution in [-0.4, -0.2) is 48.7 Å². The fraction of sp³-hybridized carbons (Fsp3) is 0.360. The maximum absolute atomic E-state index is 4.53. The molecule has 0 atom stereocenters. The lowest BCUT2D eigenvalue weighted by molar-refractivity contribution is 0.683. The fourth-order valence-electron chi connectivity index (χ4n) is 3.59. The van der Waals surface area contributed by atoms with Gasteiger partial charge in [-0.3, -0.25) is 4.99 Å². The van der Waals surface area contributed by atoms with Crippen molar-refractivity contribution in [3.63, 3.8) is 0 Å². The van der Waals surface area contributed by atoms with Crippen molar-refractivity contribution in [2.75, 3.05) is 38.1 Å². The monoisotopic (exact) mass is 418 g/mol. The molecule has 31 heavy (non-hydrogen) atoms. The van der Waals surface area contributed by atoms with Crippen molar-refractivity contribution in [1.29, 1.82) is 0 Å². The SMILES string of the molecule is CCN(CCCNC(=NC)NCCc1nccn1Cc1ccccc1)c1ccccc1. The van der Waals surface area contributed by atoms with Gasteiger partial charge in [-0.25, -0.2) is 4.98 Å². The van der Waals surface area contributed by atoms with E-state index in [9.17, 15) is 0 Å². The standard InChI is InChI=1S/C25H34N6/c1-3-30(23-13-8-5-9-14-23)19-10-16-28-25(26-2)29-17-15-24-27-18-20-31(24)21-22-11-6-4-7-12-22/h4-9,11-14,18,20H,3,10,15-17,19,21H2,1-2H3,(H2,26,28,29). The summed E-state index contributed by atoms with van der Waals surface area (Å²) in [6.07, 6.45) is 5.81. The number of para-hydroxylation sites is 1. The molecule has 3 aromatic rings. The van der Waals surface area contributed by atoms with Gasteiger partial charge in [-0.2, -0.15) is 0 Å². The van der Waals surface area contributed by atoms with Gasteiger partial charge in [0.1, 0.15) is 5.82 Å². The van der Waals surface area contributed by atoms with E-state index in [-0.39, 0.29) is 0 Å². The molecule has 2 N–H and O–H groups in total. The molecule has 0 fully saturated rings. The van der Waals surface area contributed by atoms with E-state index in [2.05, 4.69) is 91.6 Å². The van der Waals surface area contributed by atoms with Crippen LogP contribution in [0.5, 0.6) is 0 Å². The number of anilines is 1. The lowest BCUT2D eigenvalue weighted by atomic mass is 10.2. The number of benzene rings is 2. The van der Waals surface area contributed by atoms with E-state index >= 15 is 0 Å². The Labute approximate surface area is 186 Å². The van der Waals surface area contributed by atoms with E-state index in [0.29, 0.717) is 0 Å². The largest absolute Gasteiger partial charge is 0.372 e. The third kappa shape index (κ3) is 7.17. The lowest BCUT2D eigenvalue weighted by Gasteiger charge is -2.23. The molecule has 0 aliphatic carbocycles. The van der Waals surface area contributed by atoms with Gasteiger partial charge in [0.2, 0.25) is 0 Å². The Morgan fingerprint density at radius 2 is 1.71 bits per heavy atom. The third-order valence-electron chi connectivity index (χ3n) is 5.26. The minimum atomic E-state index is 0.788. The molecule has 0 saturated carbocycles. The van der Waals surface area contributed by atoms with Crippen LogP contribution in [0.4, 0.5) is 5.69 Å². The normalized spacial score (nSPS) is 11.4. The van der Waals surface area contributed by atoms with Crippen LogP contribution in [0.2, 0.25) is 0 Å². The van der Waals surface area contributed by atoms with Crippen molar-refractivity contribution >= 4 is 11.6 Å². The zero-order valence-electron chi connectivity index (χ0n) is 18.7. The third-order valence-corrected chi connectivity index (χ3v) is 5.26. The molecule has 0 aliphatic rings. The first-order valence-corrected chi connectivity index (χ1v) is 11.1. The van der Waals surface area contributed by atoms with Crippen molar-refractivity contribution in [2.24, 2.45) is 4.99 Å². The van der Waals surface area contributed by atoms with Crippen LogP contribution in [-0.2, 0) is 13.0 Å². The summed E-state index contributed by atoms with van der Waals surface area (Å²) < 4.78 is 2.20. The number of nitrogens with zero attached hydrogens (tertiary/aromatic N) is 4. The molecule has 164 valence electrons. The van der Waals surface area contributed by atoms with Crippen LogP contribution >= 0.6 is 0 Å². The Hall–Kier alpha value is -3.28. The summed E-state index contributed by atoms with van der Waals surface area (Å²) >= 11 is 0. The van der Waals surface area contributed by atoms with E-state index in [4.69, 9.17) is 0 Å². The van der Waals surface area contributed by atoms with Gasteiger partial charge in [0.25, 0.3) is 0 Å². The number of imidazole rings is 1. The molecule has 0 bridgehead atoms. The summed E-state index contributed by atoms with van der Waals surface area (Å²) in [7, 11) is 1.81. The van der Waals surface area contributed by atoms with E-state index in [1.807, 2.05) is 25.5 Å². The zero-order chi connectivity index (χ0) is 21.7. The quantitative estimate of drug-likeness (QED) is 0.284. The molecule has 3 rings (SSSR count). The molecule has 0 radical (unpaired) electrons. The highest BCUT2D eigenvalue weighted by Gasteiger charge is 2.06. The maximum Gasteiger partial charge on any atom is 0.190 e. The van der Waals surface area contributed by atoms with Gasteiger partial charge in [-0.1, -0.05) is 48.5 Å². The second kappa shape index (κ2) is 12.4. The molecule has 0 amide bonds. The van der Waals surface area contributed by atoms with Gasteiger partial charge >= 0.3 is 0 Å². The van der Waals surface area contributed by atoms with Crippen molar-refractivity contribution in [1.82, 2.24) is 20.2 Å². The Morgan fingerprint density at radius 1 is 1.00 bits per heavy atom. The van der Waals surface area contributed by atoms with Crippen LogP contribution in [0.25, 0.3) is 0 Å². The van der Waals surface area contributed by atoms with Crippen LogP contribution < -0.4 is 15.5 Å². The summed E-state index contributed by atoms with van der Waals surface area (Å²) in [5.74, 6) is 1.91. The number of hydrogen-bond acceptors (Lipinski definition) is 3. The summed E-state index contributed by atoms with van der Waals surface area (Å²) in [4.78, 5) is 11.3. The number of rotatable bonds is 11. The Morgan fingerprint density at radius 3 is 2.42 bits per heavy atom. The molecular weight excluding hydrogens is 384 g/mol. The zero-order valence-corrected chi connectivity index (χ0v) is 18.7. The number of nitrogens with one attached hydrogen (secondary N) is 2. The molecule has 1 aromatic heterocycles. The summed E-state index contributed by atoms with van der Waals surface area (Å²) in [5.41, 5.74) is 2.56. The molecule has 2 aromatic carbocycles. The van der Waals surface area contributed by atoms with E-state index in [1.165, 1.54) is 11.3 Å². The van der Waals surface area contributed by atoms with Crippen molar-refractivity contribution < 1.29 is 0 Å². The van der Waals surface area contributed by atoms with E-state index in [1.54, 1.807) is 0 Å². The predicted octanol–water partition coefficient (Wildman–Crippen LogP) is 3.56. The maximum atomic E-state index is 4.53. The van der Waals surface area contributed by atoms with E-state index in [0.717, 1.165) is 57.3 Å². The average Bonchev–Trinajstić information content (AvgIpc) is 3.26. The van der Waals surface area contributed by atoms with Gasteiger partial charge in [0.15, 0.2) is 5.96 Å². The molecule has 1 heterocycles. The van der Waals surface area contributed by atoms with Crippen LogP contribution in [0.3, 0.4) is 0 Å². The van der Waals surface area contributed by atoms with Crippen LogP contribution in [0.1, 0.15) is 24.7 Å². The highest BCUT2D eigenvalue weighted by Crippen LogP contribution is 2.12. The topological polar surface area (TPSA) is 57.5 Å². The molecule has 0 spiro atoms. The molecular formula is C25H34N6. The number of aliphatic imine (C=N–C) groups is 1. The van der Waals surface area contributed by atoms with Crippen molar-refractivity contribution in [2.45, 2.75) is 26.3 Å². The molecule has 6 heteroatoms. The highest BCUT2D eigenvalue weighted by atomic mass is 15.2. The van der Waals surface area contributed by atoms with Gasteiger partial charge < -0.3 is 20.1 Å². The number of hydrogen-bond donors (Lipinski definition) is 2. The molecule has 0 unspecified atom stereocenters. The fourth-order valence-corrected chi connectivity index (χ4v) is 3.59. The molecule has 0 saturated heterocycles. The van der Waals surface area contributed by atoms with Gasteiger partial charge in [0.05, 0.1) is 0 Å². The Balaban J connectivity index is 1.38. The van der Waals surface area contributed by atoms with Crippen molar-refractivity contribution in [3.05, 3.63) is 84.4 Å². The van der Waals surface area contributed by atoms with Crippen LogP contribution in [0.15, 0.2) is 78.0 Å². The first-order valence-electron chi connectivity index (χ1n) is 11.1.